The third-order valence-electron chi connectivity index (χ3n) is 2.09. The van der Waals surface area contributed by atoms with E-state index in [1.54, 1.807) is 0 Å². The number of hydrogen-bond donors (Lipinski definition) is 2. The maximum Gasteiger partial charge on any atom is 0.335 e. The molecule has 5 heteroatoms. The van der Waals surface area contributed by atoms with E-state index >= 15 is 0 Å². The van der Waals surface area contributed by atoms with E-state index in [4.69, 9.17) is 21.8 Å². The van der Waals surface area contributed by atoms with Gasteiger partial charge in [-0.15, -0.1) is 11.6 Å². The van der Waals surface area contributed by atoms with E-state index < -0.39 is 11.9 Å². The van der Waals surface area contributed by atoms with Crippen LogP contribution in [-0.2, 0) is 0 Å². The van der Waals surface area contributed by atoms with E-state index in [9.17, 15) is 9.59 Å². The Bertz CT molecular complexity index is 357. The molecule has 0 aromatic heterocycles. The van der Waals surface area contributed by atoms with Gasteiger partial charge in [0.15, 0.2) is 0 Å². The quantitative estimate of drug-likeness (QED) is 0.635. The molecule has 0 spiro atoms. The van der Waals surface area contributed by atoms with Gasteiger partial charge in [0.2, 0.25) is 0 Å². The third kappa shape index (κ3) is 6.91. The lowest BCUT2D eigenvalue weighted by Crippen LogP contribution is -2.01. The molecular weight excluding hydrogens is 256 g/mol. The molecule has 0 aliphatic rings. The van der Waals surface area contributed by atoms with Crippen LogP contribution in [0.15, 0.2) is 24.3 Å². The van der Waals surface area contributed by atoms with Crippen molar-refractivity contribution in [1.29, 1.82) is 0 Å². The van der Waals surface area contributed by atoms with E-state index in [1.165, 1.54) is 37.5 Å². The lowest BCUT2D eigenvalue weighted by Gasteiger charge is -1.95. The SMILES string of the molecule is CCCCCCl.O=C(O)c1cccc(C(=O)O)c1. The van der Waals surface area contributed by atoms with Crippen LogP contribution in [0.3, 0.4) is 0 Å². The molecule has 0 amide bonds. The Balaban J connectivity index is 0.000000411. The second-order valence-corrected chi connectivity index (χ2v) is 3.97. The van der Waals surface area contributed by atoms with Crippen molar-refractivity contribution in [2.45, 2.75) is 26.2 Å². The number of halogens is 1. The Labute approximate surface area is 111 Å². The molecule has 100 valence electrons. The number of unbranched alkanes of at least 4 members (excludes halogenated alkanes) is 2. The summed E-state index contributed by atoms with van der Waals surface area (Å²) in [4.78, 5) is 20.8. The minimum Gasteiger partial charge on any atom is -0.478 e. The average molecular weight is 273 g/mol. The molecule has 18 heavy (non-hydrogen) atoms. The van der Waals surface area contributed by atoms with Crippen LogP contribution in [0.1, 0.15) is 46.9 Å². The molecule has 0 fully saturated rings. The summed E-state index contributed by atoms with van der Waals surface area (Å²) in [5.41, 5.74) is -0.0372. The van der Waals surface area contributed by atoms with Crippen molar-refractivity contribution in [2.24, 2.45) is 0 Å². The van der Waals surface area contributed by atoms with E-state index in [2.05, 4.69) is 6.92 Å². The van der Waals surface area contributed by atoms with Crippen LogP contribution in [0.25, 0.3) is 0 Å². The summed E-state index contributed by atoms with van der Waals surface area (Å²) in [5.74, 6) is -1.43. The van der Waals surface area contributed by atoms with Crippen molar-refractivity contribution < 1.29 is 19.8 Å². The van der Waals surface area contributed by atoms with Gasteiger partial charge < -0.3 is 10.2 Å². The molecule has 0 saturated carbocycles. The van der Waals surface area contributed by atoms with Gasteiger partial charge in [-0.3, -0.25) is 0 Å². The van der Waals surface area contributed by atoms with Gasteiger partial charge in [0.1, 0.15) is 0 Å². The number of carboxylic acids is 2. The van der Waals surface area contributed by atoms with Crippen LogP contribution in [0.2, 0.25) is 0 Å². The van der Waals surface area contributed by atoms with Gasteiger partial charge in [-0.2, -0.15) is 0 Å². The highest BCUT2D eigenvalue weighted by atomic mass is 35.5. The molecule has 1 aromatic rings. The summed E-state index contributed by atoms with van der Waals surface area (Å²) in [7, 11) is 0. The molecule has 0 bridgehead atoms. The van der Waals surface area contributed by atoms with Gasteiger partial charge in [-0.05, 0) is 24.6 Å². The Morgan fingerprint density at radius 1 is 1.11 bits per heavy atom. The normalized spacial score (nSPS) is 9.22. The first-order valence-electron chi connectivity index (χ1n) is 5.65. The van der Waals surface area contributed by atoms with Gasteiger partial charge in [0.25, 0.3) is 0 Å². The Kier molecular flexibility index (Phi) is 8.66. The highest BCUT2D eigenvalue weighted by molar-refractivity contribution is 6.17. The topological polar surface area (TPSA) is 74.6 Å². The molecule has 1 aromatic carbocycles. The minimum absolute atomic E-state index is 0.0186. The van der Waals surface area contributed by atoms with Gasteiger partial charge in [-0.1, -0.05) is 25.8 Å². The summed E-state index contributed by atoms with van der Waals surface area (Å²) >= 11 is 5.38. The zero-order chi connectivity index (χ0) is 14.0. The molecule has 0 heterocycles. The van der Waals surface area contributed by atoms with Crippen molar-refractivity contribution in [3.63, 3.8) is 0 Å². The van der Waals surface area contributed by atoms with Crippen molar-refractivity contribution in [2.75, 3.05) is 5.88 Å². The average Bonchev–Trinajstić information content (AvgIpc) is 2.37. The first-order valence-corrected chi connectivity index (χ1v) is 6.19. The molecular formula is C13H17ClO4. The number of carboxylic acid groups (broad SMARTS) is 2. The second kappa shape index (κ2) is 9.48. The second-order valence-electron chi connectivity index (χ2n) is 3.59. The van der Waals surface area contributed by atoms with Gasteiger partial charge in [-0.25, -0.2) is 9.59 Å². The minimum atomic E-state index is -1.13. The largest absolute Gasteiger partial charge is 0.478 e. The highest BCUT2D eigenvalue weighted by Crippen LogP contribution is 2.04. The monoisotopic (exact) mass is 272 g/mol. The molecule has 0 saturated heterocycles. The molecule has 4 nitrogen and oxygen atoms in total. The van der Waals surface area contributed by atoms with Gasteiger partial charge in [0.05, 0.1) is 11.1 Å². The number of benzene rings is 1. The fourth-order valence-corrected chi connectivity index (χ4v) is 1.32. The maximum atomic E-state index is 10.4. The molecule has 0 aliphatic carbocycles. The van der Waals surface area contributed by atoms with E-state index in [-0.39, 0.29) is 11.1 Å². The molecule has 0 atom stereocenters. The zero-order valence-corrected chi connectivity index (χ0v) is 11.0. The fourth-order valence-electron chi connectivity index (χ4n) is 1.13. The molecule has 2 N–H and O–H groups in total. The lowest BCUT2D eigenvalue weighted by atomic mass is 10.1. The smallest absolute Gasteiger partial charge is 0.335 e. The van der Waals surface area contributed by atoms with Crippen LogP contribution < -0.4 is 0 Å². The first kappa shape index (κ1) is 16.4. The fraction of sp³-hybridized carbons (Fsp3) is 0.385. The predicted molar refractivity (Wildman–Crippen MR) is 70.6 cm³/mol. The van der Waals surface area contributed by atoms with Gasteiger partial charge in [0, 0.05) is 5.88 Å². The standard InChI is InChI=1S/C8H6O4.C5H11Cl/c9-7(10)5-2-1-3-6(4-5)8(11)12;1-2-3-4-5-6/h1-4H,(H,9,10)(H,11,12);2-5H2,1H3. The summed E-state index contributed by atoms with van der Waals surface area (Å²) in [6.07, 6.45) is 3.73. The van der Waals surface area contributed by atoms with Crippen molar-refractivity contribution in [1.82, 2.24) is 0 Å². The first-order chi connectivity index (χ1) is 8.52. The summed E-state index contributed by atoms with van der Waals surface area (Å²) in [5, 5.41) is 17.0. The third-order valence-corrected chi connectivity index (χ3v) is 2.36. The molecule has 0 aliphatic heterocycles. The van der Waals surface area contributed by atoms with E-state index in [1.807, 2.05) is 0 Å². The number of alkyl halides is 1. The van der Waals surface area contributed by atoms with Crippen molar-refractivity contribution >= 4 is 23.5 Å². The van der Waals surface area contributed by atoms with Crippen molar-refractivity contribution in [3.8, 4) is 0 Å². The lowest BCUT2D eigenvalue weighted by molar-refractivity contribution is 0.0696. The Morgan fingerprint density at radius 2 is 1.61 bits per heavy atom. The number of carbonyl (C=O) groups is 2. The van der Waals surface area contributed by atoms with Crippen LogP contribution in [-0.4, -0.2) is 28.0 Å². The molecule has 0 unspecified atom stereocenters. The highest BCUT2D eigenvalue weighted by Gasteiger charge is 2.06. The van der Waals surface area contributed by atoms with Crippen molar-refractivity contribution in [3.05, 3.63) is 35.4 Å². The van der Waals surface area contributed by atoms with E-state index in [0.29, 0.717) is 0 Å². The van der Waals surface area contributed by atoms with Gasteiger partial charge >= 0.3 is 11.9 Å². The van der Waals surface area contributed by atoms with Crippen LogP contribution >= 0.6 is 11.6 Å². The van der Waals surface area contributed by atoms with E-state index in [0.717, 1.165) is 11.9 Å². The Hall–Kier alpha value is -1.55. The summed E-state index contributed by atoms with van der Waals surface area (Å²) in [6, 6.07) is 5.20. The summed E-state index contributed by atoms with van der Waals surface area (Å²) in [6.45, 7) is 2.17. The molecule has 1 rings (SSSR count). The zero-order valence-electron chi connectivity index (χ0n) is 10.2. The number of hydrogen-bond acceptors (Lipinski definition) is 2. The summed E-state index contributed by atoms with van der Waals surface area (Å²) < 4.78 is 0. The van der Waals surface area contributed by atoms with Crippen LogP contribution in [0.5, 0.6) is 0 Å². The maximum absolute atomic E-state index is 10.4. The Morgan fingerprint density at radius 3 is 1.89 bits per heavy atom. The predicted octanol–water partition coefficient (Wildman–Crippen LogP) is 3.50. The molecule has 0 radical (unpaired) electrons. The number of rotatable bonds is 5. The number of aromatic carboxylic acids is 2. The van der Waals surface area contributed by atoms with Crippen LogP contribution in [0, 0.1) is 0 Å². The van der Waals surface area contributed by atoms with Crippen LogP contribution in [0.4, 0.5) is 0 Å².